The van der Waals surface area contributed by atoms with E-state index in [1.165, 1.54) is 28.8 Å². The highest BCUT2D eigenvalue weighted by molar-refractivity contribution is 7.98. The molecule has 1 heterocycles. The van der Waals surface area contributed by atoms with Gasteiger partial charge in [0.05, 0.1) is 6.20 Å². The van der Waals surface area contributed by atoms with E-state index in [4.69, 9.17) is 12.0 Å². The number of hydrogen-bond donors (Lipinski definition) is 0. The van der Waals surface area contributed by atoms with Crippen LogP contribution in [-0.4, -0.2) is 22.2 Å². The first-order valence-corrected chi connectivity index (χ1v) is 4.48. The van der Waals surface area contributed by atoms with Crippen molar-refractivity contribution in [1.82, 2.24) is 10.1 Å². The van der Waals surface area contributed by atoms with Crippen LogP contribution in [0.5, 0.6) is 0 Å². The zero-order valence-corrected chi connectivity index (χ0v) is 7.62. The quantitative estimate of drug-likeness (QED) is 0.295. The van der Waals surface area contributed by atoms with E-state index >= 15 is 0 Å². The van der Waals surface area contributed by atoms with Crippen LogP contribution in [0.25, 0.3) is 16.1 Å². The fourth-order valence-corrected chi connectivity index (χ4v) is 0.986. The van der Waals surface area contributed by atoms with Crippen LogP contribution in [0.2, 0.25) is 0 Å². The van der Waals surface area contributed by atoms with Crippen molar-refractivity contribution in [3.63, 3.8) is 0 Å². The van der Waals surface area contributed by atoms with E-state index in [9.17, 15) is 0 Å². The molecule has 1 aromatic rings. The van der Waals surface area contributed by atoms with E-state index in [2.05, 4.69) is 14.9 Å². The van der Waals surface area contributed by atoms with Gasteiger partial charge in [0, 0.05) is 5.10 Å². The van der Waals surface area contributed by atoms with Crippen molar-refractivity contribution in [3.05, 3.63) is 29.2 Å². The maximum absolute atomic E-state index is 8.55. The molecule has 13 heavy (non-hydrogen) atoms. The smallest absolute Gasteiger partial charge is 0.471 e. The third-order valence-electron chi connectivity index (χ3n) is 1.19. The zero-order valence-electron chi connectivity index (χ0n) is 6.80. The average molecular weight is 191 g/mol. The molecule has 0 saturated carbocycles. The van der Waals surface area contributed by atoms with Gasteiger partial charge < -0.3 is 5.41 Å². The Morgan fingerprint density at radius 1 is 1.85 bits per heavy atom. The number of rotatable bonds is 2. The van der Waals surface area contributed by atoms with Crippen LogP contribution in [0.15, 0.2) is 17.6 Å². The molecule has 6 heteroatoms. The lowest BCUT2D eigenvalue weighted by atomic mass is 10.7. The Balaban J connectivity index is 3.17. The van der Waals surface area contributed by atoms with Crippen molar-refractivity contribution >= 4 is 23.5 Å². The summed E-state index contributed by atoms with van der Waals surface area (Å²) in [5.41, 5.74) is 0. The highest BCUT2D eigenvalue weighted by Crippen LogP contribution is 2.02. The minimum Gasteiger partial charge on any atom is -0.770 e. The molecule has 0 spiro atoms. The first-order valence-electron chi connectivity index (χ1n) is 3.25. The Labute approximate surface area is 79.4 Å². The molecule has 5 nitrogen and oxygen atoms in total. The second-order valence-corrected chi connectivity index (χ2v) is 2.68. The fraction of sp³-hybridized carbons (Fsp3) is 0.143. The predicted molar refractivity (Wildman–Crippen MR) is 48.7 cm³/mol. The topological polar surface area (TPSA) is 56.3 Å². The van der Waals surface area contributed by atoms with Gasteiger partial charge in [-0.3, -0.25) is 0 Å². The molecule has 0 saturated heterocycles. The summed E-state index contributed by atoms with van der Waals surface area (Å²) in [7, 11) is 0. The molecule has 0 radical (unpaired) electrons. The van der Waals surface area contributed by atoms with Crippen LogP contribution < -0.4 is 4.68 Å². The summed E-state index contributed by atoms with van der Waals surface area (Å²) in [6.07, 6.45) is 4.79. The molecule has 0 aliphatic rings. The van der Waals surface area contributed by atoms with Gasteiger partial charge in [-0.05, 0) is 10.9 Å². The summed E-state index contributed by atoms with van der Waals surface area (Å²) in [6, 6.07) is 0. The summed E-state index contributed by atoms with van der Waals surface area (Å²) in [5.74, 6) is 1.66. The van der Waals surface area contributed by atoms with Crippen molar-refractivity contribution in [2.75, 3.05) is 6.26 Å². The van der Waals surface area contributed by atoms with Crippen LogP contribution in [0, 0.1) is 6.57 Å². The minimum atomic E-state index is -0.0855. The summed E-state index contributed by atoms with van der Waals surface area (Å²) in [6.45, 7) is 6.70. The summed E-state index contributed by atoms with van der Waals surface area (Å²) < 4.78 is 1.21. The Bertz CT molecular complexity index is 402. The van der Waals surface area contributed by atoms with E-state index in [0.29, 0.717) is 5.16 Å². The van der Waals surface area contributed by atoms with Crippen LogP contribution in [0.4, 0.5) is 0 Å². The SMILES string of the molecule is [C-]#[N+]C(=C=[N-])[n+]1ccnc(SC)n1. The van der Waals surface area contributed by atoms with E-state index in [1.54, 1.807) is 5.87 Å². The van der Waals surface area contributed by atoms with Gasteiger partial charge in [0.25, 0.3) is 5.16 Å². The van der Waals surface area contributed by atoms with Gasteiger partial charge in [-0.1, -0.05) is 11.8 Å². The monoisotopic (exact) mass is 191 g/mol. The molecule has 0 aromatic carbocycles. The third-order valence-corrected chi connectivity index (χ3v) is 1.74. The first-order chi connectivity index (χ1) is 6.31. The molecule has 64 valence electrons. The lowest BCUT2D eigenvalue weighted by molar-refractivity contribution is -0.647. The Morgan fingerprint density at radius 3 is 3.15 bits per heavy atom. The summed E-state index contributed by atoms with van der Waals surface area (Å²) in [4.78, 5) is 6.94. The van der Waals surface area contributed by atoms with Gasteiger partial charge in [-0.2, -0.15) is 4.85 Å². The van der Waals surface area contributed by atoms with Crippen molar-refractivity contribution in [3.8, 4) is 0 Å². The van der Waals surface area contributed by atoms with E-state index in [0.717, 1.165) is 0 Å². The molecule has 0 bridgehead atoms. The summed E-state index contributed by atoms with van der Waals surface area (Å²) in [5, 5.41) is 13.0. The van der Waals surface area contributed by atoms with Crippen molar-refractivity contribution in [1.29, 1.82) is 0 Å². The van der Waals surface area contributed by atoms with E-state index < -0.39 is 0 Å². The molecule has 0 N–H and O–H groups in total. The normalized spacial score (nSPS) is 8.62. The Kier molecular flexibility index (Phi) is 3.15. The molecule has 0 atom stereocenters. The third kappa shape index (κ3) is 2.12. The second kappa shape index (κ2) is 4.36. The van der Waals surface area contributed by atoms with Crippen LogP contribution in [0.3, 0.4) is 0 Å². The summed E-state index contributed by atoms with van der Waals surface area (Å²) >= 11 is 1.35. The van der Waals surface area contributed by atoms with Gasteiger partial charge in [-0.15, -0.1) is 0 Å². The largest absolute Gasteiger partial charge is 0.770 e. The standard InChI is InChI=1S/C7H5N5S/c1-9-6(5-8)12-4-3-10-7(11-12)13-2/h3-4H,2H3. The molecule has 0 aliphatic heterocycles. The van der Waals surface area contributed by atoms with Gasteiger partial charge in [0.15, 0.2) is 0 Å². The Morgan fingerprint density at radius 2 is 2.62 bits per heavy atom. The minimum absolute atomic E-state index is 0.0855. The highest BCUT2D eigenvalue weighted by Gasteiger charge is 2.10. The molecular formula is C7H5N5S. The molecule has 0 unspecified atom stereocenters. The number of nitrogens with zero attached hydrogens (tertiary/aromatic N) is 5. The molecule has 0 fully saturated rings. The molecule has 1 aromatic heterocycles. The van der Waals surface area contributed by atoms with Gasteiger partial charge in [-0.25, -0.2) is 10.9 Å². The van der Waals surface area contributed by atoms with Crippen molar-refractivity contribution < 1.29 is 4.68 Å². The van der Waals surface area contributed by atoms with Crippen molar-refractivity contribution in [2.45, 2.75) is 5.16 Å². The van der Waals surface area contributed by atoms with E-state index in [-0.39, 0.29) is 5.82 Å². The van der Waals surface area contributed by atoms with Gasteiger partial charge in [0.1, 0.15) is 6.57 Å². The fourth-order valence-electron chi connectivity index (χ4n) is 0.651. The lowest BCUT2D eigenvalue weighted by Gasteiger charge is -1.90. The van der Waals surface area contributed by atoms with Crippen LogP contribution >= 0.6 is 11.8 Å². The predicted octanol–water partition coefficient (Wildman–Crippen LogP) is 0.443. The van der Waals surface area contributed by atoms with E-state index in [1.807, 2.05) is 6.26 Å². The average Bonchev–Trinajstić information content (AvgIpc) is 2.20. The van der Waals surface area contributed by atoms with Crippen molar-refractivity contribution in [2.24, 2.45) is 0 Å². The number of hydrogen-bond acceptors (Lipinski definition) is 3. The Hall–Kier alpha value is -1.70. The molecule has 0 amide bonds. The van der Waals surface area contributed by atoms with Crippen LogP contribution in [-0.2, 0) is 0 Å². The maximum atomic E-state index is 8.55. The molecular weight excluding hydrogens is 186 g/mol. The molecule has 0 aliphatic carbocycles. The lowest BCUT2D eigenvalue weighted by Crippen LogP contribution is -2.36. The first kappa shape index (κ1) is 9.39. The second-order valence-electron chi connectivity index (χ2n) is 1.91. The van der Waals surface area contributed by atoms with Gasteiger partial charge >= 0.3 is 5.82 Å². The highest BCUT2D eigenvalue weighted by atomic mass is 32.2. The van der Waals surface area contributed by atoms with Crippen LogP contribution in [0.1, 0.15) is 0 Å². The number of aromatic nitrogens is 3. The zero-order chi connectivity index (χ0) is 9.68. The maximum Gasteiger partial charge on any atom is 0.471 e. The number of thioether (sulfide) groups is 1. The van der Waals surface area contributed by atoms with Gasteiger partial charge in [0.2, 0.25) is 6.20 Å². The molecule has 1 rings (SSSR count).